The van der Waals surface area contributed by atoms with E-state index in [9.17, 15) is 9.90 Å². The van der Waals surface area contributed by atoms with Crippen LogP contribution in [-0.4, -0.2) is 34.1 Å². The van der Waals surface area contributed by atoms with E-state index in [2.05, 4.69) is 39.1 Å². The number of nitrogens with zero attached hydrogens (tertiary/aromatic N) is 3. The normalized spacial score (nSPS) is 14.4. The standard InChI is InChI=1S/C25H27N3O3/c1-18-6-5-9-21(14-18)31-17-23-22(24(29)30)16-26-25(27-23)28-12-10-20(11-13-28)15-19-7-3-2-4-8-19/h2-9,14,16,20H,10-13,15,17H2,1H3,(H,29,30). The van der Waals surface area contributed by atoms with Crippen LogP contribution in [0.15, 0.2) is 60.8 Å². The third-order valence-corrected chi connectivity index (χ3v) is 5.72. The van der Waals surface area contributed by atoms with Crippen molar-refractivity contribution < 1.29 is 14.6 Å². The first-order chi connectivity index (χ1) is 15.1. The van der Waals surface area contributed by atoms with Crippen LogP contribution < -0.4 is 9.64 Å². The Balaban J connectivity index is 1.43. The predicted molar refractivity (Wildman–Crippen MR) is 120 cm³/mol. The number of hydrogen-bond donors (Lipinski definition) is 1. The predicted octanol–water partition coefficient (Wildman–Crippen LogP) is 4.52. The maximum atomic E-state index is 11.6. The van der Waals surface area contributed by atoms with Gasteiger partial charge >= 0.3 is 5.97 Å². The topological polar surface area (TPSA) is 75.5 Å². The molecule has 1 N–H and O–H groups in total. The van der Waals surface area contributed by atoms with E-state index in [-0.39, 0.29) is 12.2 Å². The molecule has 160 valence electrons. The van der Waals surface area contributed by atoms with Crippen LogP contribution in [0, 0.1) is 12.8 Å². The fourth-order valence-corrected chi connectivity index (χ4v) is 3.99. The molecule has 0 radical (unpaired) electrons. The number of aromatic carboxylic acids is 1. The van der Waals surface area contributed by atoms with Gasteiger partial charge in [0.05, 0.1) is 5.69 Å². The highest BCUT2D eigenvalue weighted by molar-refractivity contribution is 5.88. The molecule has 0 unspecified atom stereocenters. The quantitative estimate of drug-likeness (QED) is 0.609. The number of piperidine rings is 1. The summed E-state index contributed by atoms with van der Waals surface area (Å²) in [6.07, 6.45) is 4.61. The molecule has 1 aliphatic heterocycles. The number of hydrogen-bond acceptors (Lipinski definition) is 5. The van der Waals surface area contributed by atoms with Gasteiger partial charge in [0.1, 0.15) is 17.9 Å². The Bertz CT molecular complexity index is 1030. The summed E-state index contributed by atoms with van der Waals surface area (Å²) in [6.45, 7) is 3.80. The number of anilines is 1. The van der Waals surface area contributed by atoms with E-state index in [0.29, 0.717) is 23.3 Å². The SMILES string of the molecule is Cc1cccc(OCc2nc(N3CCC(Cc4ccccc4)CC3)ncc2C(=O)O)c1. The number of carboxylic acids is 1. The summed E-state index contributed by atoms with van der Waals surface area (Å²) in [5, 5.41) is 9.53. The summed E-state index contributed by atoms with van der Waals surface area (Å²) in [4.78, 5) is 22.7. The Morgan fingerprint density at radius 3 is 2.61 bits per heavy atom. The number of aromatic nitrogens is 2. The minimum atomic E-state index is -1.05. The van der Waals surface area contributed by atoms with Gasteiger partial charge in [-0.3, -0.25) is 0 Å². The van der Waals surface area contributed by atoms with E-state index in [1.807, 2.05) is 37.3 Å². The summed E-state index contributed by atoms with van der Waals surface area (Å²) in [7, 11) is 0. The van der Waals surface area contributed by atoms with Gasteiger partial charge in [0.2, 0.25) is 5.95 Å². The summed E-state index contributed by atoms with van der Waals surface area (Å²) in [5.41, 5.74) is 2.93. The van der Waals surface area contributed by atoms with Crippen molar-refractivity contribution >= 4 is 11.9 Å². The lowest BCUT2D eigenvalue weighted by molar-refractivity contribution is 0.0692. The van der Waals surface area contributed by atoms with Crippen molar-refractivity contribution in [2.45, 2.75) is 32.8 Å². The van der Waals surface area contributed by atoms with Crippen molar-refractivity contribution in [3.05, 3.63) is 83.2 Å². The monoisotopic (exact) mass is 417 g/mol. The minimum Gasteiger partial charge on any atom is -0.487 e. The molecule has 1 saturated heterocycles. The first-order valence-electron chi connectivity index (χ1n) is 10.7. The van der Waals surface area contributed by atoms with E-state index in [1.54, 1.807) is 0 Å². The van der Waals surface area contributed by atoms with Gasteiger partial charge in [-0.1, -0.05) is 42.5 Å². The van der Waals surface area contributed by atoms with Crippen LogP contribution in [0.3, 0.4) is 0 Å². The largest absolute Gasteiger partial charge is 0.487 e. The lowest BCUT2D eigenvalue weighted by Crippen LogP contribution is -2.35. The second kappa shape index (κ2) is 9.60. The Labute approximate surface area is 182 Å². The van der Waals surface area contributed by atoms with E-state index in [0.717, 1.165) is 37.9 Å². The third-order valence-electron chi connectivity index (χ3n) is 5.72. The smallest absolute Gasteiger partial charge is 0.339 e. The molecule has 0 aliphatic carbocycles. The number of ether oxygens (including phenoxy) is 1. The number of aryl methyl sites for hydroxylation is 1. The van der Waals surface area contributed by atoms with Crippen molar-refractivity contribution in [3.63, 3.8) is 0 Å². The molecular formula is C25H27N3O3. The van der Waals surface area contributed by atoms with Crippen LogP contribution in [-0.2, 0) is 13.0 Å². The highest BCUT2D eigenvalue weighted by Crippen LogP contribution is 2.25. The first-order valence-corrected chi connectivity index (χ1v) is 10.7. The van der Waals surface area contributed by atoms with Crippen LogP contribution in [0.5, 0.6) is 5.75 Å². The molecule has 6 nitrogen and oxygen atoms in total. The molecule has 1 fully saturated rings. The van der Waals surface area contributed by atoms with Crippen molar-refractivity contribution in [2.24, 2.45) is 5.92 Å². The lowest BCUT2D eigenvalue weighted by Gasteiger charge is -2.32. The third kappa shape index (κ3) is 5.40. The zero-order valence-electron chi connectivity index (χ0n) is 17.7. The van der Waals surface area contributed by atoms with Crippen LogP contribution in [0.2, 0.25) is 0 Å². The van der Waals surface area contributed by atoms with E-state index >= 15 is 0 Å². The number of benzene rings is 2. The minimum absolute atomic E-state index is 0.0790. The van der Waals surface area contributed by atoms with Crippen LogP contribution in [0.1, 0.15) is 40.0 Å². The van der Waals surface area contributed by atoms with Crippen LogP contribution in [0.4, 0.5) is 5.95 Å². The molecule has 2 aromatic carbocycles. The molecule has 0 amide bonds. The van der Waals surface area contributed by atoms with Crippen molar-refractivity contribution in [2.75, 3.05) is 18.0 Å². The molecule has 0 spiro atoms. The molecule has 1 aromatic heterocycles. The molecule has 0 saturated carbocycles. The molecule has 2 heterocycles. The van der Waals surface area contributed by atoms with E-state index in [4.69, 9.17) is 4.74 Å². The Hall–Kier alpha value is -3.41. The van der Waals surface area contributed by atoms with Gasteiger partial charge in [-0.25, -0.2) is 14.8 Å². The molecule has 1 aliphatic rings. The second-order valence-electron chi connectivity index (χ2n) is 8.06. The van der Waals surface area contributed by atoms with Crippen molar-refractivity contribution in [3.8, 4) is 5.75 Å². The summed E-state index contributed by atoms with van der Waals surface area (Å²) in [6, 6.07) is 18.2. The number of carboxylic acid groups (broad SMARTS) is 1. The van der Waals surface area contributed by atoms with Gasteiger partial charge < -0.3 is 14.7 Å². The van der Waals surface area contributed by atoms with E-state index < -0.39 is 5.97 Å². The Morgan fingerprint density at radius 2 is 1.90 bits per heavy atom. The molecule has 4 rings (SSSR count). The molecule has 3 aromatic rings. The highest BCUT2D eigenvalue weighted by Gasteiger charge is 2.23. The summed E-state index contributed by atoms with van der Waals surface area (Å²) < 4.78 is 5.82. The molecule has 0 atom stereocenters. The fraction of sp³-hybridized carbons (Fsp3) is 0.320. The molecular weight excluding hydrogens is 390 g/mol. The Kier molecular flexibility index (Phi) is 6.46. The first kappa shape index (κ1) is 20.8. The maximum absolute atomic E-state index is 11.6. The maximum Gasteiger partial charge on any atom is 0.339 e. The molecule has 0 bridgehead atoms. The van der Waals surface area contributed by atoms with Gasteiger partial charge in [-0.15, -0.1) is 0 Å². The summed E-state index contributed by atoms with van der Waals surface area (Å²) in [5.74, 6) is 0.862. The van der Waals surface area contributed by atoms with Gasteiger partial charge in [-0.05, 0) is 55.4 Å². The number of carbonyl (C=O) groups is 1. The van der Waals surface area contributed by atoms with Gasteiger partial charge in [0.25, 0.3) is 0 Å². The molecule has 6 heteroatoms. The van der Waals surface area contributed by atoms with Gasteiger partial charge in [0, 0.05) is 19.3 Å². The molecule has 31 heavy (non-hydrogen) atoms. The van der Waals surface area contributed by atoms with E-state index in [1.165, 1.54) is 11.8 Å². The highest BCUT2D eigenvalue weighted by atomic mass is 16.5. The zero-order valence-corrected chi connectivity index (χ0v) is 17.7. The second-order valence-corrected chi connectivity index (χ2v) is 8.06. The van der Waals surface area contributed by atoms with Crippen LogP contribution >= 0.6 is 0 Å². The van der Waals surface area contributed by atoms with Crippen LogP contribution in [0.25, 0.3) is 0 Å². The summed E-state index contributed by atoms with van der Waals surface area (Å²) >= 11 is 0. The number of rotatable bonds is 7. The van der Waals surface area contributed by atoms with Crippen molar-refractivity contribution in [1.29, 1.82) is 0 Å². The fourth-order valence-electron chi connectivity index (χ4n) is 3.99. The van der Waals surface area contributed by atoms with Crippen molar-refractivity contribution in [1.82, 2.24) is 9.97 Å². The lowest BCUT2D eigenvalue weighted by atomic mass is 9.90. The van der Waals surface area contributed by atoms with Gasteiger partial charge in [-0.2, -0.15) is 0 Å². The average Bonchev–Trinajstić information content (AvgIpc) is 2.79. The zero-order chi connectivity index (χ0) is 21.6. The van der Waals surface area contributed by atoms with Gasteiger partial charge in [0.15, 0.2) is 0 Å². The average molecular weight is 418 g/mol. The Morgan fingerprint density at radius 1 is 1.13 bits per heavy atom.